The van der Waals surface area contributed by atoms with Crippen molar-refractivity contribution in [2.45, 2.75) is 32.9 Å². The molecular weight excluding hydrogens is 359 g/mol. The van der Waals surface area contributed by atoms with Gasteiger partial charge in [-0.3, -0.25) is 0 Å². The maximum absolute atomic E-state index is 13.0. The van der Waals surface area contributed by atoms with Gasteiger partial charge < -0.3 is 25.1 Å². The second-order valence-electron chi connectivity index (χ2n) is 7.17. The Morgan fingerprint density at radius 2 is 1.93 bits per heavy atom. The molecule has 0 saturated heterocycles. The highest BCUT2D eigenvalue weighted by atomic mass is 19.1. The van der Waals surface area contributed by atoms with Gasteiger partial charge in [-0.15, -0.1) is 0 Å². The maximum Gasteiger partial charge on any atom is 0.191 e. The van der Waals surface area contributed by atoms with E-state index in [1.807, 2.05) is 27.0 Å². The summed E-state index contributed by atoms with van der Waals surface area (Å²) in [4.78, 5) is 6.63. The van der Waals surface area contributed by atoms with Crippen molar-refractivity contribution in [3.05, 3.63) is 59.3 Å². The molecule has 7 heteroatoms. The topological polar surface area (TPSA) is 73.0 Å². The van der Waals surface area contributed by atoms with Gasteiger partial charge in [-0.05, 0) is 57.6 Å². The Morgan fingerprint density at radius 3 is 2.54 bits per heavy atom. The average Bonchev–Trinajstić information content (AvgIpc) is 3.09. The number of hydrogen-bond donors (Lipinski definition) is 3. The van der Waals surface area contributed by atoms with Gasteiger partial charge in [-0.1, -0.05) is 12.1 Å². The van der Waals surface area contributed by atoms with Crippen molar-refractivity contribution in [3.8, 4) is 0 Å². The summed E-state index contributed by atoms with van der Waals surface area (Å²) in [5, 5.41) is 17.1. The van der Waals surface area contributed by atoms with Crippen LogP contribution >= 0.6 is 0 Å². The standard InChI is InChI=1S/C21H31FN4O2/c1-5-23-20(25-15-21(3,27)19-11-6-16(2)28-19)24-12-13-26(4)14-17-7-9-18(22)10-8-17/h6-11,27H,5,12-15H2,1-4H3,(H2,23,24,25). The van der Waals surface area contributed by atoms with E-state index < -0.39 is 5.60 Å². The molecule has 28 heavy (non-hydrogen) atoms. The SMILES string of the molecule is CCNC(=NCC(C)(O)c1ccc(C)o1)NCCN(C)Cc1ccc(F)cc1. The lowest BCUT2D eigenvalue weighted by atomic mass is 10.0. The van der Waals surface area contributed by atoms with E-state index in [0.29, 0.717) is 18.3 Å². The fourth-order valence-electron chi connectivity index (χ4n) is 2.72. The first-order valence-corrected chi connectivity index (χ1v) is 9.54. The summed E-state index contributed by atoms with van der Waals surface area (Å²) in [6, 6.07) is 10.1. The Labute approximate surface area is 166 Å². The summed E-state index contributed by atoms with van der Waals surface area (Å²) in [6.07, 6.45) is 0. The van der Waals surface area contributed by atoms with Crippen molar-refractivity contribution < 1.29 is 13.9 Å². The molecule has 0 aliphatic heterocycles. The fraction of sp³-hybridized carbons (Fsp3) is 0.476. The molecule has 0 aliphatic carbocycles. The summed E-state index contributed by atoms with van der Waals surface area (Å²) >= 11 is 0. The third kappa shape index (κ3) is 6.98. The first-order chi connectivity index (χ1) is 13.3. The Morgan fingerprint density at radius 1 is 1.21 bits per heavy atom. The minimum atomic E-state index is -1.17. The van der Waals surface area contributed by atoms with Crippen LogP contribution in [0, 0.1) is 12.7 Å². The molecule has 1 heterocycles. The van der Waals surface area contributed by atoms with E-state index in [4.69, 9.17) is 4.42 Å². The lowest BCUT2D eigenvalue weighted by molar-refractivity contribution is 0.0428. The monoisotopic (exact) mass is 390 g/mol. The third-order valence-electron chi connectivity index (χ3n) is 4.31. The van der Waals surface area contributed by atoms with Crippen LogP contribution in [0.2, 0.25) is 0 Å². The van der Waals surface area contributed by atoms with Crippen LogP contribution in [0.4, 0.5) is 4.39 Å². The molecule has 0 aliphatic rings. The Balaban J connectivity index is 1.84. The predicted molar refractivity (Wildman–Crippen MR) is 110 cm³/mol. The Bertz CT molecular complexity index is 756. The van der Waals surface area contributed by atoms with Crippen molar-refractivity contribution in [1.29, 1.82) is 0 Å². The van der Waals surface area contributed by atoms with Crippen LogP contribution in [0.5, 0.6) is 0 Å². The first kappa shape index (κ1) is 21.9. The molecule has 2 aromatic rings. The van der Waals surface area contributed by atoms with Crippen molar-refractivity contribution >= 4 is 5.96 Å². The van der Waals surface area contributed by atoms with Crippen molar-refractivity contribution in [2.75, 3.05) is 33.2 Å². The molecule has 1 atom stereocenters. The molecule has 1 aromatic carbocycles. The van der Waals surface area contributed by atoms with Gasteiger partial charge in [0, 0.05) is 26.2 Å². The van der Waals surface area contributed by atoms with Gasteiger partial charge in [-0.25, -0.2) is 9.38 Å². The van der Waals surface area contributed by atoms with E-state index in [0.717, 1.165) is 31.0 Å². The summed E-state index contributed by atoms with van der Waals surface area (Å²) in [5.41, 5.74) is -0.107. The molecule has 0 bridgehead atoms. The minimum absolute atomic E-state index is 0.181. The van der Waals surface area contributed by atoms with Gasteiger partial charge in [0.2, 0.25) is 0 Å². The number of rotatable bonds is 9. The van der Waals surface area contributed by atoms with Gasteiger partial charge in [-0.2, -0.15) is 0 Å². The number of nitrogens with zero attached hydrogens (tertiary/aromatic N) is 2. The van der Waals surface area contributed by atoms with Gasteiger partial charge in [0.25, 0.3) is 0 Å². The summed E-state index contributed by atoms with van der Waals surface area (Å²) in [7, 11) is 2.01. The highest BCUT2D eigenvalue weighted by Crippen LogP contribution is 2.23. The molecule has 3 N–H and O–H groups in total. The second-order valence-corrected chi connectivity index (χ2v) is 7.17. The molecule has 6 nitrogen and oxygen atoms in total. The smallest absolute Gasteiger partial charge is 0.191 e. The van der Waals surface area contributed by atoms with E-state index in [2.05, 4.69) is 20.5 Å². The van der Waals surface area contributed by atoms with Crippen LogP contribution in [-0.2, 0) is 12.1 Å². The zero-order valence-electron chi connectivity index (χ0n) is 17.1. The van der Waals surface area contributed by atoms with Crippen LogP contribution in [0.25, 0.3) is 0 Å². The first-order valence-electron chi connectivity index (χ1n) is 9.54. The van der Waals surface area contributed by atoms with Crippen LogP contribution in [0.3, 0.4) is 0 Å². The molecule has 1 unspecified atom stereocenters. The molecule has 154 valence electrons. The quantitative estimate of drug-likeness (QED) is 0.453. The van der Waals surface area contributed by atoms with Gasteiger partial charge >= 0.3 is 0 Å². The van der Waals surface area contributed by atoms with Crippen molar-refractivity contribution in [2.24, 2.45) is 4.99 Å². The molecular formula is C21H31FN4O2. The molecule has 1 aromatic heterocycles. The lowest BCUT2D eigenvalue weighted by Gasteiger charge is -2.21. The summed E-state index contributed by atoms with van der Waals surface area (Å²) in [5.74, 6) is 1.68. The highest BCUT2D eigenvalue weighted by molar-refractivity contribution is 5.79. The van der Waals surface area contributed by atoms with Crippen molar-refractivity contribution in [1.82, 2.24) is 15.5 Å². The van der Waals surface area contributed by atoms with Crippen LogP contribution in [0.15, 0.2) is 45.8 Å². The zero-order chi connectivity index (χ0) is 20.6. The maximum atomic E-state index is 13.0. The second kappa shape index (κ2) is 10.2. The zero-order valence-corrected chi connectivity index (χ0v) is 17.1. The van der Waals surface area contributed by atoms with Crippen molar-refractivity contribution in [3.63, 3.8) is 0 Å². The van der Waals surface area contributed by atoms with Gasteiger partial charge in [0.1, 0.15) is 22.9 Å². The highest BCUT2D eigenvalue weighted by Gasteiger charge is 2.26. The van der Waals surface area contributed by atoms with E-state index in [1.165, 1.54) is 12.1 Å². The molecule has 2 rings (SSSR count). The van der Waals surface area contributed by atoms with Crippen LogP contribution in [0.1, 0.15) is 30.9 Å². The van der Waals surface area contributed by atoms with Gasteiger partial charge in [0.15, 0.2) is 5.96 Å². The molecule has 0 fully saturated rings. The minimum Gasteiger partial charge on any atom is -0.463 e. The normalized spacial score (nSPS) is 14.2. The molecule has 0 radical (unpaired) electrons. The third-order valence-corrected chi connectivity index (χ3v) is 4.31. The number of nitrogens with one attached hydrogen (secondary N) is 2. The fourth-order valence-corrected chi connectivity index (χ4v) is 2.72. The average molecular weight is 391 g/mol. The number of halogens is 1. The number of likely N-dealkylation sites (N-methyl/N-ethyl adjacent to an activating group) is 1. The number of guanidine groups is 1. The number of aliphatic hydroxyl groups is 1. The van der Waals surface area contributed by atoms with Gasteiger partial charge in [0.05, 0.1) is 6.54 Å². The Kier molecular flexibility index (Phi) is 8.02. The molecule has 0 amide bonds. The summed E-state index contributed by atoms with van der Waals surface area (Å²) in [6.45, 7) is 8.64. The Hall–Kier alpha value is -2.38. The number of aryl methyl sites for hydroxylation is 1. The van der Waals surface area contributed by atoms with Crippen LogP contribution < -0.4 is 10.6 Å². The number of hydrogen-bond acceptors (Lipinski definition) is 4. The van der Waals surface area contributed by atoms with E-state index in [-0.39, 0.29) is 12.4 Å². The number of aliphatic imine (C=N–C) groups is 1. The van der Waals surface area contributed by atoms with Crippen LogP contribution in [-0.4, -0.2) is 49.2 Å². The summed E-state index contributed by atoms with van der Waals surface area (Å²) < 4.78 is 18.5. The molecule has 0 saturated carbocycles. The van der Waals surface area contributed by atoms with E-state index in [9.17, 15) is 9.50 Å². The predicted octanol–water partition coefficient (Wildman–Crippen LogP) is 2.62. The number of benzene rings is 1. The molecule has 0 spiro atoms. The largest absolute Gasteiger partial charge is 0.463 e. The van der Waals surface area contributed by atoms with E-state index >= 15 is 0 Å². The van der Waals surface area contributed by atoms with E-state index in [1.54, 1.807) is 25.1 Å². The number of furan rings is 1. The lowest BCUT2D eigenvalue weighted by Crippen LogP contribution is -2.41.